The first-order chi connectivity index (χ1) is 11.9. The van der Waals surface area contributed by atoms with Crippen molar-refractivity contribution in [3.05, 3.63) is 59.7 Å². The highest BCUT2D eigenvalue weighted by Gasteiger charge is 2.39. The highest BCUT2D eigenvalue weighted by Crippen LogP contribution is 2.24. The van der Waals surface area contributed by atoms with E-state index in [4.69, 9.17) is 4.74 Å². The van der Waals surface area contributed by atoms with Gasteiger partial charge in [0.25, 0.3) is 0 Å². The van der Waals surface area contributed by atoms with Crippen LogP contribution < -0.4 is 4.74 Å². The summed E-state index contributed by atoms with van der Waals surface area (Å²) < 4.78 is 18.7. The highest BCUT2D eigenvalue weighted by atomic mass is 19.1. The number of likely N-dealkylation sites (tertiary alicyclic amines) is 1. The lowest BCUT2D eigenvalue weighted by Gasteiger charge is -2.23. The van der Waals surface area contributed by atoms with Crippen LogP contribution in [0.4, 0.5) is 4.39 Å². The molecule has 1 unspecified atom stereocenters. The van der Waals surface area contributed by atoms with Crippen LogP contribution >= 0.6 is 0 Å². The molecule has 1 fully saturated rings. The molecule has 25 heavy (non-hydrogen) atoms. The number of rotatable bonds is 5. The fourth-order valence-electron chi connectivity index (χ4n) is 2.83. The molecule has 1 N–H and O–H groups in total. The van der Waals surface area contributed by atoms with E-state index >= 15 is 0 Å². The molecule has 1 aliphatic heterocycles. The molecule has 0 bridgehead atoms. The van der Waals surface area contributed by atoms with Crippen molar-refractivity contribution in [1.29, 1.82) is 0 Å². The maximum Gasteiger partial charge on any atom is 0.228 e. The van der Waals surface area contributed by atoms with Gasteiger partial charge in [-0.2, -0.15) is 0 Å². The van der Waals surface area contributed by atoms with E-state index in [0.717, 1.165) is 5.56 Å². The van der Waals surface area contributed by atoms with E-state index in [1.807, 2.05) is 19.1 Å². The van der Waals surface area contributed by atoms with Crippen LogP contribution in [0.2, 0.25) is 0 Å². The molecular formula is C19H21FN2O3. The third-order valence-corrected chi connectivity index (χ3v) is 4.29. The van der Waals surface area contributed by atoms with Crippen LogP contribution in [0.3, 0.4) is 0 Å². The summed E-state index contributed by atoms with van der Waals surface area (Å²) in [6, 6.07) is 9.54. The van der Waals surface area contributed by atoms with Gasteiger partial charge in [0, 0.05) is 24.5 Å². The molecule has 2 aromatic rings. The Kier molecular flexibility index (Phi) is 4.99. The van der Waals surface area contributed by atoms with Crippen LogP contribution in [0.15, 0.2) is 42.6 Å². The molecule has 1 saturated heterocycles. The van der Waals surface area contributed by atoms with E-state index < -0.39 is 11.4 Å². The molecule has 132 valence electrons. The molecule has 1 aromatic carbocycles. The van der Waals surface area contributed by atoms with Gasteiger partial charge in [-0.05, 0) is 37.1 Å². The number of aliphatic hydroxyl groups is 1. The largest absolute Gasteiger partial charge is 0.490 e. The minimum absolute atomic E-state index is 0.0169. The lowest BCUT2D eigenvalue weighted by atomic mass is 10.1. The van der Waals surface area contributed by atoms with E-state index in [2.05, 4.69) is 4.98 Å². The van der Waals surface area contributed by atoms with E-state index in [1.54, 1.807) is 23.2 Å². The zero-order valence-electron chi connectivity index (χ0n) is 14.1. The molecule has 0 aliphatic carbocycles. The lowest BCUT2D eigenvalue weighted by molar-refractivity contribution is -0.130. The van der Waals surface area contributed by atoms with Gasteiger partial charge < -0.3 is 14.7 Å². The van der Waals surface area contributed by atoms with Gasteiger partial charge in [-0.3, -0.25) is 9.78 Å². The summed E-state index contributed by atoms with van der Waals surface area (Å²) in [6.45, 7) is 2.63. The number of carbonyl (C=O) groups excluding carboxylic acids is 1. The summed E-state index contributed by atoms with van der Waals surface area (Å²) in [5, 5.41) is 10.6. The van der Waals surface area contributed by atoms with Gasteiger partial charge in [-0.25, -0.2) is 4.39 Å². The van der Waals surface area contributed by atoms with E-state index in [9.17, 15) is 14.3 Å². The molecule has 1 aliphatic rings. The summed E-state index contributed by atoms with van der Waals surface area (Å²) in [5.74, 6) is -0.0987. The number of nitrogens with zero attached hydrogens (tertiary/aromatic N) is 2. The molecule has 1 atom stereocenters. The van der Waals surface area contributed by atoms with Crippen molar-refractivity contribution >= 4 is 5.91 Å². The predicted molar refractivity (Wildman–Crippen MR) is 90.7 cm³/mol. The number of halogens is 1. The standard InChI is InChI=1S/C19H21FN2O3/c1-14-5-6-16(21-11-14)10-18(23)22-8-7-19(24,12-22)13-25-17-4-2-3-15(20)9-17/h2-6,9,11,24H,7-8,10,12-13H2,1H3. The Balaban J connectivity index is 1.54. The molecule has 3 rings (SSSR count). The fraction of sp³-hybridized carbons (Fsp3) is 0.368. The number of carbonyl (C=O) groups is 1. The summed E-state index contributed by atoms with van der Waals surface area (Å²) in [5.41, 5.74) is 0.631. The van der Waals surface area contributed by atoms with Gasteiger partial charge in [-0.1, -0.05) is 12.1 Å². The quantitative estimate of drug-likeness (QED) is 0.902. The van der Waals surface area contributed by atoms with Crippen LogP contribution in [0.25, 0.3) is 0 Å². The number of aromatic nitrogens is 1. The molecule has 0 saturated carbocycles. The summed E-state index contributed by atoms with van der Waals surface area (Å²) in [7, 11) is 0. The maximum atomic E-state index is 13.2. The first-order valence-corrected chi connectivity index (χ1v) is 8.24. The van der Waals surface area contributed by atoms with Gasteiger partial charge in [-0.15, -0.1) is 0 Å². The van der Waals surface area contributed by atoms with Crippen molar-refractivity contribution in [2.45, 2.75) is 25.4 Å². The molecule has 1 amide bonds. The van der Waals surface area contributed by atoms with Crippen LogP contribution in [-0.2, 0) is 11.2 Å². The molecular weight excluding hydrogens is 323 g/mol. The third-order valence-electron chi connectivity index (χ3n) is 4.29. The van der Waals surface area contributed by atoms with Crippen LogP contribution in [-0.4, -0.2) is 46.2 Å². The number of β-amino-alcohol motifs (C(OH)–C–C–N with tert-alkyl or cyclic N) is 1. The number of hydrogen-bond acceptors (Lipinski definition) is 4. The van der Waals surface area contributed by atoms with Crippen molar-refractivity contribution in [3.8, 4) is 5.75 Å². The normalized spacial score (nSPS) is 19.9. The molecule has 6 heteroatoms. The highest BCUT2D eigenvalue weighted by molar-refractivity contribution is 5.78. The van der Waals surface area contributed by atoms with Crippen molar-refractivity contribution in [2.24, 2.45) is 0 Å². The Morgan fingerprint density at radius 2 is 2.24 bits per heavy atom. The number of aryl methyl sites for hydroxylation is 1. The number of amides is 1. The maximum absolute atomic E-state index is 13.2. The first kappa shape index (κ1) is 17.4. The summed E-state index contributed by atoms with van der Waals surface area (Å²) in [4.78, 5) is 18.3. The van der Waals surface area contributed by atoms with E-state index in [1.165, 1.54) is 12.1 Å². The average Bonchev–Trinajstić information content (AvgIpc) is 2.98. The Labute approximate surface area is 146 Å². The van der Waals surface area contributed by atoms with Crippen molar-refractivity contribution < 1.29 is 19.0 Å². The molecule has 5 nitrogen and oxygen atoms in total. The molecule has 2 heterocycles. The Hall–Kier alpha value is -2.47. The van der Waals surface area contributed by atoms with Crippen molar-refractivity contribution in [2.75, 3.05) is 19.7 Å². The number of pyridine rings is 1. The Morgan fingerprint density at radius 3 is 2.96 bits per heavy atom. The third kappa shape index (κ3) is 4.54. The topological polar surface area (TPSA) is 62.7 Å². The van der Waals surface area contributed by atoms with Gasteiger partial charge in [0.15, 0.2) is 0 Å². The van der Waals surface area contributed by atoms with Gasteiger partial charge in [0.1, 0.15) is 23.8 Å². The van der Waals surface area contributed by atoms with Crippen LogP contribution in [0, 0.1) is 12.7 Å². The van der Waals surface area contributed by atoms with E-state index in [-0.39, 0.29) is 25.5 Å². The first-order valence-electron chi connectivity index (χ1n) is 8.24. The van der Waals surface area contributed by atoms with Crippen LogP contribution in [0.1, 0.15) is 17.7 Å². The number of benzene rings is 1. The summed E-state index contributed by atoms with van der Waals surface area (Å²) >= 11 is 0. The molecule has 0 spiro atoms. The monoisotopic (exact) mass is 344 g/mol. The lowest BCUT2D eigenvalue weighted by Crippen LogP contribution is -2.41. The molecule has 0 radical (unpaired) electrons. The Morgan fingerprint density at radius 1 is 1.40 bits per heavy atom. The second-order valence-corrected chi connectivity index (χ2v) is 6.54. The van der Waals surface area contributed by atoms with Gasteiger partial charge >= 0.3 is 0 Å². The number of ether oxygens (including phenoxy) is 1. The molecule has 1 aromatic heterocycles. The zero-order chi connectivity index (χ0) is 17.9. The minimum atomic E-state index is -1.12. The average molecular weight is 344 g/mol. The predicted octanol–water partition coefficient (Wildman–Crippen LogP) is 2.11. The van der Waals surface area contributed by atoms with Crippen LogP contribution in [0.5, 0.6) is 5.75 Å². The Bertz CT molecular complexity index is 751. The number of hydrogen-bond donors (Lipinski definition) is 1. The minimum Gasteiger partial charge on any atom is -0.490 e. The second-order valence-electron chi connectivity index (χ2n) is 6.54. The smallest absolute Gasteiger partial charge is 0.228 e. The second kappa shape index (κ2) is 7.19. The van der Waals surface area contributed by atoms with E-state index in [0.29, 0.717) is 24.4 Å². The van der Waals surface area contributed by atoms with Crippen molar-refractivity contribution in [1.82, 2.24) is 9.88 Å². The van der Waals surface area contributed by atoms with Gasteiger partial charge in [0.2, 0.25) is 5.91 Å². The van der Waals surface area contributed by atoms with Crippen molar-refractivity contribution in [3.63, 3.8) is 0 Å². The fourth-order valence-corrected chi connectivity index (χ4v) is 2.83. The SMILES string of the molecule is Cc1ccc(CC(=O)N2CCC(O)(COc3cccc(F)c3)C2)nc1. The zero-order valence-corrected chi connectivity index (χ0v) is 14.1. The summed E-state index contributed by atoms with van der Waals surface area (Å²) in [6.07, 6.45) is 2.37. The van der Waals surface area contributed by atoms with Gasteiger partial charge in [0.05, 0.1) is 13.0 Å².